The number of fused-ring (bicyclic) bond motifs is 2. The number of aryl methyl sites for hydroxylation is 2. The van der Waals surface area contributed by atoms with Gasteiger partial charge in [0.15, 0.2) is 17.7 Å². The van der Waals surface area contributed by atoms with Crippen LogP contribution in [-0.4, -0.2) is 35.9 Å². The van der Waals surface area contributed by atoms with Gasteiger partial charge in [0, 0.05) is 6.42 Å². The molecular weight excluding hydrogens is 375 g/mol. The summed E-state index contributed by atoms with van der Waals surface area (Å²) in [4.78, 5) is 25.3. The van der Waals surface area contributed by atoms with Crippen LogP contribution < -0.4 is 0 Å². The highest BCUT2D eigenvalue weighted by atomic mass is 19.1. The van der Waals surface area contributed by atoms with Gasteiger partial charge in [-0.3, -0.25) is 4.79 Å². The first kappa shape index (κ1) is 21.4. The summed E-state index contributed by atoms with van der Waals surface area (Å²) >= 11 is 0. The van der Waals surface area contributed by atoms with Crippen LogP contribution in [0, 0.1) is 13.8 Å². The number of halogens is 1. The molecule has 0 aliphatic carbocycles. The molecule has 3 rings (SSSR count). The van der Waals surface area contributed by atoms with Gasteiger partial charge in [-0.25, -0.2) is 9.18 Å². The van der Waals surface area contributed by atoms with E-state index in [2.05, 4.69) is 0 Å². The lowest BCUT2D eigenvalue weighted by atomic mass is 9.97. The number of esters is 1. The number of carbonyl (C=O) groups is 2. The highest BCUT2D eigenvalue weighted by molar-refractivity contribution is 5.98. The number of ether oxygens (including phenoxy) is 3. The molecule has 0 saturated carbocycles. The minimum Gasteiger partial charge on any atom is -0.459 e. The molecular formula is C23H27FO5. The second kappa shape index (κ2) is 8.20. The van der Waals surface area contributed by atoms with E-state index in [0.29, 0.717) is 12.0 Å². The third kappa shape index (κ3) is 4.82. The van der Waals surface area contributed by atoms with Crippen LogP contribution in [0.1, 0.15) is 60.7 Å². The van der Waals surface area contributed by atoms with Crippen molar-refractivity contribution in [3.8, 4) is 0 Å². The summed E-state index contributed by atoms with van der Waals surface area (Å²) in [5, 5.41) is 0. The van der Waals surface area contributed by atoms with Gasteiger partial charge in [-0.1, -0.05) is 29.8 Å². The molecule has 1 saturated heterocycles. The highest BCUT2D eigenvalue weighted by Gasteiger charge is 2.45. The first-order chi connectivity index (χ1) is 13.6. The van der Waals surface area contributed by atoms with Crippen LogP contribution in [-0.2, 0) is 19.0 Å². The zero-order valence-corrected chi connectivity index (χ0v) is 17.5. The van der Waals surface area contributed by atoms with Gasteiger partial charge in [-0.15, -0.1) is 0 Å². The summed E-state index contributed by atoms with van der Waals surface area (Å²) in [6.07, 6.45) is 2.98. The lowest BCUT2D eigenvalue weighted by Gasteiger charge is -2.17. The molecule has 1 fully saturated rings. The summed E-state index contributed by atoms with van der Waals surface area (Å²) in [7, 11) is 0. The van der Waals surface area contributed by atoms with Crippen molar-refractivity contribution in [3.05, 3.63) is 52.4 Å². The van der Waals surface area contributed by atoms with E-state index in [1.54, 1.807) is 20.8 Å². The minimum atomic E-state index is -1.02. The zero-order chi connectivity index (χ0) is 21.3. The molecule has 0 bridgehead atoms. The van der Waals surface area contributed by atoms with E-state index in [1.807, 2.05) is 38.1 Å². The number of cyclic esters (lactones) is 1. The largest absolute Gasteiger partial charge is 0.459 e. The fraction of sp³-hybridized carbons (Fsp3) is 0.478. The molecule has 0 amide bonds. The topological polar surface area (TPSA) is 61.8 Å². The zero-order valence-electron chi connectivity index (χ0n) is 17.5. The van der Waals surface area contributed by atoms with Crippen LogP contribution >= 0.6 is 0 Å². The summed E-state index contributed by atoms with van der Waals surface area (Å²) in [6.45, 7) is 8.88. The first-order valence-corrected chi connectivity index (χ1v) is 9.81. The first-order valence-electron chi connectivity index (χ1n) is 9.81. The lowest BCUT2D eigenvalue weighted by Crippen LogP contribution is -2.32. The number of benzene rings is 1. The van der Waals surface area contributed by atoms with Gasteiger partial charge in [0.2, 0.25) is 5.78 Å². The maximum Gasteiger partial charge on any atom is 0.339 e. The average molecular weight is 402 g/mol. The van der Waals surface area contributed by atoms with E-state index in [0.717, 1.165) is 22.8 Å². The molecule has 3 atom stereocenters. The Labute approximate surface area is 170 Å². The van der Waals surface area contributed by atoms with E-state index in [9.17, 15) is 14.0 Å². The van der Waals surface area contributed by atoms with Gasteiger partial charge in [0.05, 0.1) is 11.7 Å². The third-order valence-electron chi connectivity index (χ3n) is 4.99. The van der Waals surface area contributed by atoms with Crippen molar-refractivity contribution in [2.45, 2.75) is 71.6 Å². The number of hydrogen-bond donors (Lipinski definition) is 0. The van der Waals surface area contributed by atoms with E-state index in [-0.39, 0.29) is 6.42 Å². The predicted octanol–water partition coefficient (Wildman–Crippen LogP) is 4.60. The Hall–Kier alpha value is -2.31. The molecule has 156 valence electrons. The molecule has 2 aliphatic heterocycles. The van der Waals surface area contributed by atoms with E-state index < -0.39 is 41.7 Å². The molecule has 1 aromatic rings. The quantitative estimate of drug-likeness (QED) is 0.594. The summed E-state index contributed by atoms with van der Waals surface area (Å²) in [6, 6.07) is 3.83. The third-order valence-corrected chi connectivity index (χ3v) is 4.99. The number of hydrogen-bond acceptors (Lipinski definition) is 5. The fourth-order valence-corrected chi connectivity index (χ4v) is 3.77. The predicted molar refractivity (Wildman–Crippen MR) is 107 cm³/mol. The van der Waals surface area contributed by atoms with Crippen molar-refractivity contribution in [1.29, 1.82) is 0 Å². The maximum atomic E-state index is 14.5. The molecule has 29 heavy (non-hydrogen) atoms. The molecule has 5 nitrogen and oxygen atoms in total. The SMILES string of the molecule is Cc1cc(C)c2c(c1)C=CC[C@@H]1OC(C)(C)O[C@@H]1C(=O)/C(F)=C\C[C@H](C)OC2=O. The number of Topliss-reactive ketones (excluding diaryl/α,β-unsaturated/α-hetero) is 1. The number of carbonyl (C=O) groups excluding carboxylic acids is 2. The van der Waals surface area contributed by atoms with Gasteiger partial charge in [-0.2, -0.15) is 0 Å². The van der Waals surface area contributed by atoms with Crippen molar-refractivity contribution in [2.75, 3.05) is 0 Å². The monoisotopic (exact) mass is 402 g/mol. The normalized spacial score (nSPS) is 29.3. The standard InChI is InChI=1S/C23H27FO5/c1-13-11-14(2)19-16(12-13)7-6-8-18-21(29-23(4,5)28-18)20(25)17(24)10-9-15(3)27-22(19)26/h6-7,10-12,15,18,21H,8-9H2,1-5H3/b7-6?,17-10+/t15-,18-,21-/m0/s1. The summed E-state index contributed by atoms with van der Waals surface area (Å²) in [5.74, 6) is -3.11. The Balaban J connectivity index is 2.03. The average Bonchev–Trinajstić information content (AvgIpc) is 2.92. The van der Waals surface area contributed by atoms with Gasteiger partial charge in [0.1, 0.15) is 6.10 Å². The summed E-state index contributed by atoms with van der Waals surface area (Å²) in [5.41, 5.74) is 3.05. The second-order valence-corrected chi connectivity index (χ2v) is 8.15. The lowest BCUT2D eigenvalue weighted by molar-refractivity contribution is -0.153. The Morgan fingerprint density at radius 2 is 1.83 bits per heavy atom. The van der Waals surface area contributed by atoms with Crippen molar-refractivity contribution >= 4 is 17.8 Å². The molecule has 2 aliphatic rings. The van der Waals surface area contributed by atoms with Crippen LogP contribution in [0.2, 0.25) is 0 Å². The van der Waals surface area contributed by atoms with Gasteiger partial charge in [0.25, 0.3) is 0 Å². The van der Waals surface area contributed by atoms with Crippen molar-refractivity contribution < 1.29 is 28.2 Å². The van der Waals surface area contributed by atoms with Crippen LogP contribution in [0.5, 0.6) is 0 Å². The van der Waals surface area contributed by atoms with Crippen molar-refractivity contribution in [3.63, 3.8) is 0 Å². The van der Waals surface area contributed by atoms with E-state index >= 15 is 0 Å². The minimum absolute atomic E-state index is 0.0844. The molecule has 1 aromatic carbocycles. The van der Waals surface area contributed by atoms with Gasteiger partial charge in [-0.05, 0) is 58.2 Å². The van der Waals surface area contributed by atoms with Crippen molar-refractivity contribution in [1.82, 2.24) is 0 Å². The van der Waals surface area contributed by atoms with Crippen molar-refractivity contribution in [2.24, 2.45) is 0 Å². The molecule has 6 heteroatoms. The van der Waals surface area contributed by atoms with E-state index in [1.165, 1.54) is 0 Å². The Morgan fingerprint density at radius 3 is 2.55 bits per heavy atom. The summed E-state index contributed by atoms with van der Waals surface area (Å²) < 4.78 is 31.5. The molecule has 0 spiro atoms. The van der Waals surface area contributed by atoms with E-state index in [4.69, 9.17) is 14.2 Å². The number of rotatable bonds is 0. The van der Waals surface area contributed by atoms with Crippen LogP contribution in [0.15, 0.2) is 30.1 Å². The Morgan fingerprint density at radius 1 is 1.10 bits per heavy atom. The maximum absolute atomic E-state index is 14.5. The van der Waals surface area contributed by atoms with Gasteiger partial charge < -0.3 is 14.2 Å². The van der Waals surface area contributed by atoms with Crippen LogP contribution in [0.4, 0.5) is 4.39 Å². The molecule has 0 aromatic heterocycles. The Bertz CT molecular complexity index is 883. The molecule has 2 heterocycles. The molecule has 0 unspecified atom stereocenters. The number of ketones is 1. The van der Waals surface area contributed by atoms with Crippen LogP contribution in [0.25, 0.3) is 6.08 Å². The Kier molecular flexibility index (Phi) is 6.05. The fourth-order valence-electron chi connectivity index (χ4n) is 3.77. The van der Waals surface area contributed by atoms with Gasteiger partial charge >= 0.3 is 5.97 Å². The van der Waals surface area contributed by atoms with Crippen LogP contribution in [0.3, 0.4) is 0 Å². The second-order valence-electron chi connectivity index (χ2n) is 8.15. The molecule has 0 N–H and O–H groups in total. The highest BCUT2D eigenvalue weighted by Crippen LogP contribution is 2.33. The molecule has 0 radical (unpaired) electrons. The smallest absolute Gasteiger partial charge is 0.339 e.